The van der Waals surface area contributed by atoms with Gasteiger partial charge in [-0.25, -0.2) is 13.2 Å². The third-order valence-corrected chi connectivity index (χ3v) is 7.23. The van der Waals surface area contributed by atoms with Gasteiger partial charge in [-0.2, -0.15) is 0 Å². The molecule has 1 fully saturated rings. The summed E-state index contributed by atoms with van der Waals surface area (Å²) in [4.78, 5) is 24.8. The van der Waals surface area contributed by atoms with E-state index in [0.29, 0.717) is 17.6 Å². The Morgan fingerprint density at radius 1 is 1.07 bits per heavy atom. The first-order valence-electron chi connectivity index (χ1n) is 9.45. The molecular weight excluding hydrogens is 406 g/mol. The maximum Gasteiger partial charge on any atom is 0.408 e. The second-order valence-corrected chi connectivity index (χ2v) is 10.3. The van der Waals surface area contributed by atoms with Crippen LogP contribution < -0.4 is 10.1 Å². The van der Waals surface area contributed by atoms with Gasteiger partial charge in [-0.05, 0) is 50.6 Å². The van der Waals surface area contributed by atoms with E-state index in [9.17, 15) is 18.0 Å². The first-order valence-corrected chi connectivity index (χ1v) is 11.0. The maximum atomic E-state index is 13.4. The molecular formula is C22H25NO6S. The van der Waals surface area contributed by atoms with Crippen molar-refractivity contribution in [2.24, 2.45) is 0 Å². The average molecular weight is 432 g/mol. The van der Waals surface area contributed by atoms with E-state index in [2.05, 4.69) is 5.32 Å². The number of amides is 1. The van der Waals surface area contributed by atoms with Crippen molar-refractivity contribution in [2.45, 2.75) is 48.0 Å². The largest absolute Gasteiger partial charge is 0.497 e. The van der Waals surface area contributed by atoms with Crippen molar-refractivity contribution < 1.29 is 27.5 Å². The topological polar surface area (TPSA) is 98.8 Å². The van der Waals surface area contributed by atoms with Crippen LogP contribution in [0.3, 0.4) is 0 Å². The minimum atomic E-state index is -3.92. The Bertz CT molecular complexity index is 1030. The Morgan fingerprint density at radius 3 is 2.17 bits per heavy atom. The zero-order valence-corrected chi connectivity index (χ0v) is 18.1. The molecule has 0 unspecified atom stereocenters. The Morgan fingerprint density at radius 2 is 1.67 bits per heavy atom. The first kappa shape index (κ1) is 21.8. The monoisotopic (exact) mass is 431 g/mol. The molecule has 7 nitrogen and oxygen atoms in total. The fourth-order valence-electron chi connectivity index (χ4n) is 3.63. The van der Waals surface area contributed by atoms with Crippen molar-refractivity contribution in [1.82, 2.24) is 5.32 Å². The van der Waals surface area contributed by atoms with Crippen LogP contribution in [-0.2, 0) is 19.4 Å². The molecule has 0 radical (unpaired) electrons. The average Bonchev–Trinajstić information content (AvgIpc) is 3.36. The van der Waals surface area contributed by atoms with Crippen LogP contribution in [0.5, 0.6) is 5.75 Å². The standard InChI is InChI=1S/C22H25NO6S/c1-21(2,3)29-20(25)23-22(14-24)18(15-10-12-16(28-4)13-11-15)19(22)30(26,27)17-8-6-5-7-9-17/h5-14,18-19H,1-4H3,(H,23,25)/t18-,19+,22+/m1/s1. The second-order valence-electron chi connectivity index (χ2n) is 8.21. The number of alkyl carbamates (subject to hydrolysis) is 1. The molecule has 3 atom stereocenters. The van der Waals surface area contributed by atoms with E-state index in [4.69, 9.17) is 9.47 Å². The van der Waals surface area contributed by atoms with Gasteiger partial charge < -0.3 is 19.6 Å². The maximum absolute atomic E-state index is 13.4. The predicted molar refractivity (Wildman–Crippen MR) is 111 cm³/mol. The third-order valence-electron chi connectivity index (χ3n) is 4.97. The van der Waals surface area contributed by atoms with Crippen molar-refractivity contribution in [3.05, 3.63) is 60.2 Å². The van der Waals surface area contributed by atoms with Gasteiger partial charge in [0.15, 0.2) is 9.84 Å². The molecule has 3 rings (SSSR count). The number of benzene rings is 2. The Labute approximate surface area is 176 Å². The van der Waals surface area contributed by atoms with Gasteiger partial charge in [0, 0.05) is 5.92 Å². The number of nitrogens with one attached hydrogen (secondary N) is 1. The fraction of sp³-hybridized carbons (Fsp3) is 0.364. The third kappa shape index (κ3) is 4.05. The van der Waals surface area contributed by atoms with E-state index in [-0.39, 0.29) is 4.90 Å². The molecule has 2 aromatic rings. The van der Waals surface area contributed by atoms with Crippen molar-refractivity contribution in [3.8, 4) is 5.75 Å². The molecule has 1 saturated carbocycles. The highest BCUT2D eigenvalue weighted by atomic mass is 32.2. The summed E-state index contributed by atoms with van der Waals surface area (Å²) in [6.07, 6.45) is -0.351. The second kappa shape index (κ2) is 7.75. The van der Waals surface area contributed by atoms with Gasteiger partial charge in [0.05, 0.1) is 12.0 Å². The number of rotatable bonds is 6. The van der Waals surface area contributed by atoms with Gasteiger partial charge in [0.25, 0.3) is 0 Å². The Balaban J connectivity index is 2.04. The van der Waals surface area contributed by atoms with E-state index < -0.39 is 38.2 Å². The summed E-state index contributed by atoms with van der Waals surface area (Å²) >= 11 is 0. The number of methoxy groups -OCH3 is 1. The van der Waals surface area contributed by atoms with Crippen LogP contribution in [0, 0.1) is 0 Å². The van der Waals surface area contributed by atoms with Gasteiger partial charge in [-0.1, -0.05) is 30.3 Å². The van der Waals surface area contributed by atoms with E-state index in [0.717, 1.165) is 0 Å². The van der Waals surface area contributed by atoms with Gasteiger partial charge in [0.2, 0.25) is 0 Å². The number of carbonyl (C=O) groups excluding carboxylic acids is 2. The van der Waals surface area contributed by atoms with Gasteiger partial charge in [-0.15, -0.1) is 0 Å². The highest BCUT2D eigenvalue weighted by molar-refractivity contribution is 7.92. The summed E-state index contributed by atoms with van der Waals surface area (Å²) in [5.74, 6) is -0.169. The van der Waals surface area contributed by atoms with Crippen molar-refractivity contribution >= 4 is 22.2 Å². The smallest absolute Gasteiger partial charge is 0.408 e. The summed E-state index contributed by atoms with van der Waals surface area (Å²) in [7, 11) is -2.40. The Kier molecular flexibility index (Phi) is 5.64. The number of hydrogen-bond donors (Lipinski definition) is 1. The van der Waals surface area contributed by atoms with Crippen molar-refractivity contribution in [3.63, 3.8) is 0 Å². The summed E-state index contributed by atoms with van der Waals surface area (Å²) in [5, 5.41) is 1.38. The van der Waals surface area contributed by atoms with Crippen LogP contribution in [0.25, 0.3) is 0 Å². The van der Waals surface area contributed by atoms with E-state index in [1.807, 2.05) is 0 Å². The highest BCUT2D eigenvalue weighted by Crippen LogP contribution is 2.56. The van der Waals surface area contributed by atoms with Crippen LogP contribution in [0.4, 0.5) is 4.79 Å². The zero-order valence-electron chi connectivity index (χ0n) is 17.3. The molecule has 1 aliphatic carbocycles. The van der Waals surface area contributed by atoms with Crippen LogP contribution in [-0.4, -0.2) is 44.3 Å². The minimum absolute atomic E-state index is 0.0863. The molecule has 8 heteroatoms. The lowest BCUT2D eigenvalue weighted by molar-refractivity contribution is -0.110. The molecule has 0 aliphatic heterocycles. The lowest BCUT2D eigenvalue weighted by Gasteiger charge is -2.22. The lowest BCUT2D eigenvalue weighted by Crippen LogP contribution is -2.45. The number of ether oxygens (including phenoxy) is 2. The molecule has 2 aromatic carbocycles. The van der Waals surface area contributed by atoms with Gasteiger partial charge in [-0.3, -0.25) is 0 Å². The fourth-order valence-corrected chi connectivity index (χ4v) is 5.89. The van der Waals surface area contributed by atoms with Crippen LogP contribution in [0.15, 0.2) is 59.5 Å². The number of hydrogen-bond acceptors (Lipinski definition) is 6. The zero-order chi connectivity index (χ0) is 22.2. The highest BCUT2D eigenvalue weighted by Gasteiger charge is 2.73. The molecule has 30 heavy (non-hydrogen) atoms. The molecule has 160 valence electrons. The molecule has 0 saturated heterocycles. The lowest BCUT2D eigenvalue weighted by atomic mass is 10.1. The summed E-state index contributed by atoms with van der Waals surface area (Å²) in [6.45, 7) is 5.06. The predicted octanol–water partition coefficient (Wildman–Crippen LogP) is 3.10. The Hall–Kier alpha value is -2.87. The molecule has 0 aromatic heterocycles. The van der Waals surface area contributed by atoms with Crippen molar-refractivity contribution in [2.75, 3.05) is 7.11 Å². The molecule has 1 N–H and O–H groups in total. The number of carbonyl (C=O) groups is 2. The van der Waals surface area contributed by atoms with Crippen LogP contribution in [0.2, 0.25) is 0 Å². The summed E-state index contributed by atoms with van der Waals surface area (Å²) < 4.78 is 37.2. The summed E-state index contributed by atoms with van der Waals surface area (Å²) in [6, 6.07) is 14.6. The molecule has 1 amide bonds. The molecule has 1 aliphatic rings. The normalized spacial score (nSPS) is 23.3. The van der Waals surface area contributed by atoms with Crippen LogP contribution >= 0.6 is 0 Å². The van der Waals surface area contributed by atoms with E-state index >= 15 is 0 Å². The molecule has 0 heterocycles. The SMILES string of the molecule is COc1ccc([C@@H]2[C@H](S(=O)(=O)c3ccccc3)[C@@]2(C=O)NC(=O)OC(C)(C)C)cc1. The minimum Gasteiger partial charge on any atom is -0.497 e. The molecule has 0 bridgehead atoms. The van der Waals surface area contributed by atoms with Gasteiger partial charge >= 0.3 is 6.09 Å². The quantitative estimate of drug-likeness (QED) is 0.706. The summed E-state index contributed by atoms with van der Waals surface area (Å²) in [5.41, 5.74) is -1.83. The van der Waals surface area contributed by atoms with E-state index in [1.54, 1.807) is 63.2 Å². The van der Waals surface area contributed by atoms with Crippen LogP contribution in [0.1, 0.15) is 32.3 Å². The van der Waals surface area contributed by atoms with Crippen molar-refractivity contribution in [1.29, 1.82) is 0 Å². The number of aldehydes is 1. The molecule has 0 spiro atoms. The number of sulfone groups is 1. The first-order chi connectivity index (χ1) is 14.0. The van der Waals surface area contributed by atoms with Gasteiger partial charge in [0.1, 0.15) is 28.4 Å². The van der Waals surface area contributed by atoms with E-state index in [1.165, 1.54) is 19.2 Å².